The van der Waals surface area contributed by atoms with E-state index in [4.69, 9.17) is 0 Å². The van der Waals surface area contributed by atoms with Crippen LogP contribution >= 0.6 is 0 Å². The summed E-state index contributed by atoms with van der Waals surface area (Å²) in [7, 11) is 0. The summed E-state index contributed by atoms with van der Waals surface area (Å²) >= 11 is 0. The average molecular weight is 260 g/mol. The average Bonchev–Trinajstić information content (AvgIpc) is 3.09. The van der Waals surface area contributed by atoms with Gasteiger partial charge in [0.2, 0.25) is 0 Å². The first kappa shape index (κ1) is 11.1. The Hall–Kier alpha value is -1.56. The van der Waals surface area contributed by atoms with E-state index in [0.29, 0.717) is 0 Å². The number of benzene rings is 2. The van der Waals surface area contributed by atoms with E-state index in [1.54, 1.807) is 11.1 Å². The molecule has 0 radical (unpaired) electrons. The Morgan fingerprint density at radius 2 is 1.55 bits per heavy atom. The van der Waals surface area contributed by atoms with Crippen LogP contribution in [0.4, 0.5) is 0 Å². The van der Waals surface area contributed by atoms with Crippen LogP contribution in [0.25, 0.3) is 11.1 Å². The van der Waals surface area contributed by atoms with Gasteiger partial charge in [0.05, 0.1) is 0 Å². The summed E-state index contributed by atoms with van der Waals surface area (Å²) in [5.41, 5.74) is 7.88. The lowest BCUT2D eigenvalue weighted by atomic mass is 9.65. The molecule has 4 atom stereocenters. The normalized spacial score (nSPS) is 32.6. The lowest BCUT2D eigenvalue weighted by Gasteiger charge is -2.39. The van der Waals surface area contributed by atoms with E-state index in [9.17, 15) is 0 Å². The predicted octanol–water partition coefficient (Wildman–Crippen LogP) is 5.27. The lowest BCUT2D eigenvalue weighted by Crippen LogP contribution is -2.24. The molecule has 0 N–H and O–H groups in total. The Balaban J connectivity index is 1.86. The van der Waals surface area contributed by atoms with Gasteiger partial charge in [-0.15, -0.1) is 0 Å². The molecule has 0 aromatic heterocycles. The van der Waals surface area contributed by atoms with Gasteiger partial charge in [-0.25, -0.2) is 0 Å². The van der Waals surface area contributed by atoms with E-state index in [2.05, 4.69) is 49.4 Å². The summed E-state index contributed by atoms with van der Waals surface area (Å²) in [6.07, 6.45) is 4.39. The molecule has 0 spiro atoms. The number of aryl methyl sites for hydroxylation is 1. The first-order chi connectivity index (χ1) is 9.84. The Bertz CT molecular complexity index is 697. The number of rotatable bonds is 0. The van der Waals surface area contributed by atoms with Crippen molar-refractivity contribution in [2.24, 2.45) is 11.8 Å². The maximum absolute atomic E-state index is 2.40. The van der Waals surface area contributed by atoms with Crippen molar-refractivity contribution >= 4 is 0 Å². The van der Waals surface area contributed by atoms with Crippen LogP contribution in [0.5, 0.6) is 0 Å². The molecular weight excluding hydrogens is 240 g/mol. The summed E-state index contributed by atoms with van der Waals surface area (Å²) in [6.45, 7) is 2.32. The molecule has 2 bridgehead atoms. The standard InChI is InChI=1S/C20H20/c1-12-5-4-8-16-15-6-2-3-7-17(15)19-13-9-10-14(11-13)20(19)18(12)16/h2-8,13-14,19-20H,9-11H2,1H3/t13?,14?,19-,20+/m1/s1. The van der Waals surface area contributed by atoms with Gasteiger partial charge in [0.25, 0.3) is 0 Å². The third-order valence-corrected chi connectivity index (χ3v) is 6.18. The lowest BCUT2D eigenvalue weighted by molar-refractivity contribution is 0.362. The van der Waals surface area contributed by atoms with Crippen molar-refractivity contribution in [2.75, 3.05) is 0 Å². The smallest absolute Gasteiger partial charge is 0.00530 e. The zero-order valence-electron chi connectivity index (χ0n) is 12.0. The number of hydrogen-bond acceptors (Lipinski definition) is 0. The van der Waals surface area contributed by atoms with Crippen LogP contribution in [0.1, 0.15) is 47.8 Å². The number of hydrogen-bond donors (Lipinski definition) is 0. The Morgan fingerprint density at radius 1 is 0.800 bits per heavy atom. The van der Waals surface area contributed by atoms with Gasteiger partial charge in [-0.05, 0) is 77.7 Å². The van der Waals surface area contributed by atoms with Crippen LogP contribution in [0.15, 0.2) is 42.5 Å². The minimum atomic E-state index is 0.804. The molecule has 0 heteroatoms. The van der Waals surface area contributed by atoms with Crippen molar-refractivity contribution < 1.29 is 0 Å². The highest BCUT2D eigenvalue weighted by atomic mass is 14.6. The molecule has 0 amide bonds. The minimum absolute atomic E-state index is 0.804. The maximum Gasteiger partial charge on any atom is -0.00530 e. The second-order valence-electron chi connectivity index (χ2n) is 7.01. The van der Waals surface area contributed by atoms with Gasteiger partial charge in [-0.3, -0.25) is 0 Å². The SMILES string of the molecule is Cc1cccc2c1[C@@H]1C3CCC(C3)[C@@H]1c1ccccc1-2. The molecule has 2 fully saturated rings. The molecule has 2 aromatic rings. The van der Waals surface area contributed by atoms with Gasteiger partial charge in [0.1, 0.15) is 0 Å². The Morgan fingerprint density at radius 3 is 2.45 bits per heavy atom. The molecule has 20 heavy (non-hydrogen) atoms. The van der Waals surface area contributed by atoms with Crippen LogP contribution in [0.3, 0.4) is 0 Å². The van der Waals surface area contributed by atoms with Crippen molar-refractivity contribution in [1.29, 1.82) is 0 Å². The highest BCUT2D eigenvalue weighted by Gasteiger charge is 2.51. The van der Waals surface area contributed by atoms with Crippen molar-refractivity contribution in [1.82, 2.24) is 0 Å². The van der Waals surface area contributed by atoms with Gasteiger partial charge >= 0.3 is 0 Å². The third-order valence-electron chi connectivity index (χ3n) is 6.18. The van der Waals surface area contributed by atoms with Gasteiger partial charge in [0.15, 0.2) is 0 Å². The van der Waals surface area contributed by atoms with Gasteiger partial charge < -0.3 is 0 Å². The molecule has 2 aromatic carbocycles. The van der Waals surface area contributed by atoms with Crippen LogP contribution in [-0.4, -0.2) is 0 Å². The van der Waals surface area contributed by atoms with E-state index in [1.165, 1.54) is 36.0 Å². The van der Waals surface area contributed by atoms with Crippen molar-refractivity contribution in [3.8, 4) is 11.1 Å². The van der Waals surface area contributed by atoms with Crippen molar-refractivity contribution in [2.45, 2.75) is 38.0 Å². The molecule has 3 aliphatic rings. The largest absolute Gasteiger partial charge is 0.0619 e. The summed E-state index contributed by atoms with van der Waals surface area (Å²) in [6, 6.07) is 16.1. The van der Waals surface area contributed by atoms with Crippen molar-refractivity contribution in [3.05, 3.63) is 59.2 Å². The molecule has 0 heterocycles. The quantitative estimate of drug-likeness (QED) is 0.605. The third kappa shape index (κ3) is 1.23. The number of fused-ring (bicyclic) bond motifs is 10. The fraction of sp³-hybridized carbons (Fsp3) is 0.400. The van der Waals surface area contributed by atoms with Crippen LogP contribution in [0, 0.1) is 18.8 Å². The van der Waals surface area contributed by atoms with E-state index < -0.39 is 0 Å². The van der Waals surface area contributed by atoms with E-state index in [1.807, 2.05) is 0 Å². The van der Waals surface area contributed by atoms with Crippen LogP contribution in [0.2, 0.25) is 0 Å². The zero-order valence-corrected chi connectivity index (χ0v) is 12.0. The fourth-order valence-electron chi connectivity index (χ4n) is 5.55. The molecule has 0 aliphatic heterocycles. The summed E-state index contributed by atoms with van der Waals surface area (Å²) in [5, 5.41) is 0. The molecule has 5 rings (SSSR count). The summed E-state index contributed by atoms with van der Waals surface area (Å²) < 4.78 is 0. The highest BCUT2D eigenvalue weighted by Crippen LogP contribution is 2.65. The summed E-state index contributed by atoms with van der Waals surface area (Å²) in [4.78, 5) is 0. The second kappa shape index (κ2) is 3.75. The van der Waals surface area contributed by atoms with E-state index in [-0.39, 0.29) is 0 Å². The zero-order chi connectivity index (χ0) is 13.3. The summed E-state index contributed by atoms with van der Waals surface area (Å²) in [5.74, 6) is 3.50. The molecular formula is C20H20. The molecule has 2 saturated carbocycles. The maximum atomic E-state index is 2.40. The van der Waals surface area contributed by atoms with Gasteiger partial charge in [-0.2, -0.15) is 0 Å². The van der Waals surface area contributed by atoms with Crippen LogP contribution in [-0.2, 0) is 0 Å². The molecule has 0 nitrogen and oxygen atoms in total. The predicted molar refractivity (Wildman–Crippen MR) is 82.9 cm³/mol. The minimum Gasteiger partial charge on any atom is -0.0619 e. The molecule has 3 aliphatic carbocycles. The van der Waals surface area contributed by atoms with Gasteiger partial charge in [-0.1, -0.05) is 42.5 Å². The fourth-order valence-corrected chi connectivity index (χ4v) is 5.55. The molecule has 0 saturated heterocycles. The monoisotopic (exact) mass is 260 g/mol. The Labute approximate surface area is 120 Å². The van der Waals surface area contributed by atoms with E-state index in [0.717, 1.165) is 23.7 Å². The highest BCUT2D eigenvalue weighted by molar-refractivity contribution is 5.77. The van der Waals surface area contributed by atoms with E-state index >= 15 is 0 Å². The second-order valence-corrected chi connectivity index (χ2v) is 7.01. The van der Waals surface area contributed by atoms with Gasteiger partial charge in [0, 0.05) is 0 Å². The first-order valence-corrected chi connectivity index (χ1v) is 8.03. The topological polar surface area (TPSA) is 0 Å². The Kier molecular flexibility index (Phi) is 2.09. The first-order valence-electron chi connectivity index (χ1n) is 8.03. The van der Waals surface area contributed by atoms with Crippen molar-refractivity contribution in [3.63, 3.8) is 0 Å². The molecule has 100 valence electrons. The van der Waals surface area contributed by atoms with Crippen LogP contribution < -0.4 is 0 Å². The molecule has 2 unspecified atom stereocenters.